The lowest BCUT2D eigenvalue weighted by molar-refractivity contribution is 0.631. The van der Waals surface area contributed by atoms with Crippen LogP contribution in [0.5, 0.6) is 0 Å². The first kappa shape index (κ1) is 30.0. The monoisotopic (exact) mass is 694 g/mol. The predicted molar refractivity (Wildman–Crippen MR) is 223 cm³/mol. The van der Waals surface area contributed by atoms with E-state index in [-0.39, 0.29) is 10.8 Å². The molecule has 0 bridgehead atoms. The van der Waals surface area contributed by atoms with E-state index in [0.717, 1.165) is 0 Å². The number of benzene rings is 6. The summed E-state index contributed by atoms with van der Waals surface area (Å²) in [5.74, 6) is 0. The van der Waals surface area contributed by atoms with Gasteiger partial charge in [0.05, 0.1) is 33.4 Å². The number of nitrogens with zero attached hydrogens (tertiary/aromatic N) is 4. The van der Waals surface area contributed by atoms with Gasteiger partial charge in [-0.15, -0.1) is 0 Å². The van der Waals surface area contributed by atoms with E-state index in [4.69, 9.17) is 0 Å². The molecule has 2 aliphatic rings. The lowest BCUT2D eigenvalue weighted by Gasteiger charge is -2.32. The second-order valence-electron chi connectivity index (χ2n) is 16.4. The standard InChI is InChI=1S/C50H38N4/c1-49(2)39-19-11-17-35-37-25-31(21-23-43(37)53(47(35)39)45-29-51(27-41(45)49)33-13-7-5-8-14-33)32-22-24-44-38(26-32)36-18-12-20-40-48(36)54(44)46-30-52(28-42(46)50(40,3)4)34-15-9-6-10-16-34/h5-30H,1-4H3. The number of fused-ring (bicyclic) bond motifs is 10. The second-order valence-corrected chi connectivity index (χ2v) is 16.4. The Morgan fingerprint density at radius 2 is 0.796 bits per heavy atom. The molecule has 0 aliphatic carbocycles. The Morgan fingerprint density at radius 1 is 0.370 bits per heavy atom. The number of hydrogen-bond acceptors (Lipinski definition) is 0. The van der Waals surface area contributed by atoms with Crippen LogP contribution in [0, 0.1) is 0 Å². The lowest BCUT2D eigenvalue weighted by Crippen LogP contribution is -2.25. The molecule has 0 radical (unpaired) electrons. The van der Waals surface area contributed by atoms with Crippen molar-refractivity contribution in [1.82, 2.24) is 18.3 Å². The number of aromatic nitrogens is 4. The van der Waals surface area contributed by atoms with E-state index in [9.17, 15) is 0 Å². The summed E-state index contributed by atoms with van der Waals surface area (Å²) in [5.41, 5.74) is 17.6. The largest absolute Gasteiger partial charge is 0.321 e. The molecule has 0 spiro atoms. The molecule has 0 amide bonds. The highest BCUT2D eigenvalue weighted by molar-refractivity contribution is 6.14. The van der Waals surface area contributed by atoms with Gasteiger partial charge in [-0.1, -0.05) is 113 Å². The van der Waals surface area contributed by atoms with Gasteiger partial charge in [0.2, 0.25) is 0 Å². The Bertz CT molecular complexity index is 2980. The Kier molecular flexibility index (Phi) is 5.62. The third kappa shape index (κ3) is 3.72. The summed E-state index contributed by atoms with van der Waals surface area (Å²) in [6, 6.07) is 49.3. The molecule has 2 aliphatic heterocycles. The van der Waals surface area contributed by atoms with Gasteiger partial charge < -0.3 is 18.3 Å². The van der Waals surface area contributed by atoms with Gasteiger partial charge in [0.15, 0.2) is 0 Å². The highest BCUT2D eigenvalue weighted by atomic mass is 15.1. The fraction of sp³-hybridized carbons (Fsp3) is 0.120. The molecule has 6 heterocycles. The molecule has 0 fully saturated rings. The van der Waals surface area contributed by atoms with Gasteiger partial charge in [0.1, 0.15) is 0 Å². The van der Waals surface area contributed by atoms with Crippen LogP contribution in [-0.4, -0.2) is 18.3 Å². The molecule has 0 N–H and O–H groups in total. The summed E-state index contributed by atoms with van der Waals surface area (Å²) >= 11 is 0. The topological polar surface area (TPSA) is 19.7 Å². The van der Waals surface area contributed by atoms with E-state index >= 15 is 0 Å². The van der Waals surface area contributed by atoms with Gasteiger partial charge in [-0.05, 0) is 70.8 Å². The summed E-state index contributed by atoms with van der Waals surface area (Å²) in [6.07, 6.45) is 9.31. The van der Waals surface area contributed by atoms with Crippen molar-refractivity contribution in [3.63, 3.8) is 0 Å². The van der Waals surface area contributed by atoms with E-state index in [1.165, 1.54) is 99.7 Å². The zero-order valence-corrected chi connectivity index (χ0v) is 30.8. The van der Waals surface area contributed by atoms with Gasteiger partial charge in [-0.3, -0.25) is 0 Å². The maximum Gasteiger partial charge on any atom is 0.0683 e. The van der Waals surface area contributed by atoms with E-state index in [1.54, 1.807) is 0 Å². The Labute approximate surface area is 313 Å². The number of para-hydroxylation sites is 4. The quantitative estimate of drug-likeness (QED) is 0.175. The van der Waals surface area contributed by atoms with Crippen molar-refractivity contribution in [2.45, 2.75) is 38.5 Å². The van der Waals surface area contributed by atoms with Gasteiger partial charge >= 0.3 is 0 Å². The summed E-state index contributed by atoms with van der Waals surface area (Å²) in [5, 5.41) is 5.19. The highest BCUT2D eigenvalue weighted by Gasteiger charge is 2.38. The molecule has 0 saturated carbocycles. The summed E-state index contributed by atoms with van der Waals surface area (Å²) in [7, 11) is 0. The van der Waals surface area contributed by atoms with Crippen molar-refractivity contribution in [2.24, 2.45) is 0 Å². The maximum absolute atomic E-state index is 2.51. The van der Waals surface area contributed by atoms with Crippen molar-refractivity contribution >= 4 is 43.6 Å². The van der Waals surface area contributed by atoms with Crippen LogP contribution in [0.15, 0.2) is 158 Å². The van der Waals surface area contributed by atoms with E-state index in [2.05, 4.69) is 204 Å². The fourth-order valence-electron chi connectivity index (χ4n) is 10.0. The molecule has 0 unspecified atom stereocenters. The minimum absolute atomic E-state index is 0.139. The molecule has 0 saturated heterocycles. The first-order chi connectivity index (χ1) is 26.3. The second kappa shape index (κ2) is 10.1. The molecule has 54 heavy (non-hydrogen) atoms. The molecule has 12 rings (SSSR count). The predicted octanol–water partition coefficient (Wildman–Crippen LogP) is 12.4. The molecule has 6 aromatic carbocycles. The van der Waals surface area contributed by atoms with Crippen LogP contribution in [0.25, 0.3) is 77.5 Å². The Hall–Kier alpha value is -6.52. The van der Waals surface area contributed by atoms with Crippen LogP contribution in [0.1, 0.15) is 49.9 Å². The maximum atomic E-state index is 2.51. The number of hydrogen-bond donors (Lipinski definition) is 0. The summed E-state index contributed by atoms with van der Waals surface area (Å²) in [4.78, 5) is 0. The van der Waals surface area contributed by atoms with Crippen molar-refractivity contribution < 1.29 is 0 Å². The third-order valence-corrected chi connectivity index (χ3v) is 12.8. The SMILES string of the molecule is CC1(C)c2cn(-c3ccccc3)cc2-n2c3ccc(-c4ccc5c(c4)c4cccc6c4n5-c4cn(-c5ccccc5)cc4C6(C)C)cc3c3cccc1c32. The highest BCUT2D eigenvalue weighted by Crippen LogP contribution is 2.50. The van der Waals surface area contributed by atoms with Gasteiger partial charge in [-0.2, -0.15) is 0 Å². The smallest absolute Gasteiger partial charge is 0.0683 e. The van der Waals surface area contributed by atoms with E-state index < -0.39 is 0 Å². The molecule has 4 heteroatoms. The van der Waals surface area contributed by atoms with Crippen LogP contribution in [-0.2, 0) is 10.8 Å². The number of rotatable bonds is 3. The molecule has 4 aromatic heterocycles. The van der Waals surface area contributed by atoms with Gasteiger partial charge in [0, 0.05) is 79.7 Å². The van der Waals surface area contributed by atoms with Crippen LogP contribution in [0.4, 0.5) is 0 Å². The average molecular weight is 695 g/mol. The van der Waals surface area contributed by atoms with Gasteiger partial charge in [-0.25, -0.2) is 0 Å². The van der Waals surface area contributed by atoms with Crippen LogP contribution >= 0.6 is 0 Å². The molecular formula is C50H38N4. The minimum atomic E-state index is -0.139. The summed E-state index contributed by atoms with van der Waals surface area (Å²) < 4.78 is 9.61. The van der Waals surface area contributed by atoms with Crippen molar-refractivity contribution in [3.05, 3.63) is 181 Å². The molecule has 258 valence electrons. The van der Waals surface area contributed by atoms with Crippen LogP contribution < -0.4 is 0 Å². The van der Waals surface area contributed by atoms with Gasteiger partial charge in [0.25, 0.3) is 0 Å². The van der Waals surface area contributed by atoms with Crippen molar-refractivity contribution in [1.29, 1.82) is 0 Å². The molecule has 4 nitrogen and oxygen atoms in total. The van der Waals surface area contributed by atoms with Crippen LogP contribution in [0.3, 0.4) is 0 Å². The zero-order valence-electron chi connectivity index (χ0n) is 30.8. The minimum Gasteiger partial charge on any atom is -0.321 e. The zero-order chi connectivity index (χ0) is 36.1. The first-order valence-corrected chi connectivity index (χ1v) is 19.0. The third-order valence-electron chi connectivity index (χ3n) is 12.8. The fourth-order valence-corrected chi connectivity index (χ4v) is 10.0. The van der Waals surface area contributed by atoms with Crippen molar-refractivity contribution in [2.75, 3.05) is 0 Å². The molecular weight excluding hydrogens is 657 g/mol. The molecule has 0 atom stereocenters. The normalized spacial score (nSPS) is 15.0. The Morgan fingerprint density at radius 3 is 1.22 bits per heavy atom. The Balaban J connectivity index is 1.06. The van der Waals surface area contributed by atoms with Crippen LogP contribution in [0.2, 0.25) is 0 Å². The van der Waals surface area contributed by atoms with E-state index in [0.29, 0.717) is 0 Å². The first-order valence-electron chi connectivity index (χ1n) is 19.0. The lowest BCUT2D eigenvalue weighted by atomic mass is 9.76. The molecule has 10 aromatic rings. The summed E-state index contributed by atoms with van der Waals surface area (Å²) in [6.45, 7) is 9.49. The van der Waals surface area contributed by atoms with Crippen molar-refractivity contribution in [3.8, 4) is 33.9 Å². The van der Waals surface area contributed by atoms with E-state index in [1.807, 2.05) is 0 Å². The average Bonchev–Trinajstić information content (AvgIpc) is 3.99.